The predicted molar refractivity (Wildman–Crippen MR) is 104 cm³/mol. The lowest BCUT2D eigenvalue weighted by atomic mass is 9.84. The number of nitrogens with one attached hydrogen (secondary N) is 2. The molecule has 1 amide bonds. The van der Waals surface area contributed by atoms with Crippen molar-refractivity contribution < 1.29 is 9.53 Å². The lowest BCUT2D eigenvalue weighted by Crippen LogP contribution is -2.43. The Morgan fingerprint density at radius 2 is 2.11 bits per heavy atom. The standard InChI is InChI=1S/C21H27N5O2/c27-21(28-14-15-7-3-1-4-8-15)22-20-17-12-11-16(13-17)18(20)9-5-2-6-10-19-23-25-26-24-19/h1,3-5,7-9,16-18,20H,2,6,10-14H2,(H,22,27)(H,23,24,25,26)/t16-,17+,18+,20+/m1/s1. The first-order chi connectivity index (χ1) is 13.8. The molecular weight excluding hydrogens is 354 g/mol. The van der Waals surface area contributed by atoms with Crippen LogP contribution >= 0.6 is 0 Å². The number of allylic oxidation sites excluding steroid dienone is 1. The summed E-state index contributed by atoms with van der Waals surface area (Å²) in [7, 11) is 0. The van der Waals surface area contributed by atoms with Crippen LogP contribution in [0.3, 0.4) is 0 Å². The van der Waals surface area contributed by atoms with Crippen LogP contribution in [-0.4, -0.2) is 32.8 Å². The molecule has 0 radical (unpaired) electrons. The lowest BCUT2D eigenvalue weighted by Gasteiger charge is -2.29. The van der Waals surface area contributed by atoms with Gasteiger partial charge in [-0.05, 0) is 59.9 Å². The Hall–Kier alpha value is -2.70. The van der Waals surface area contributed by atoms with Crippen molar-refractivity contribution >= 4 is 6.09 Å². The molecule has 2 saturated carbocycles. The Labute approximate surface area is 164 Å². The van der Waals surface area contributed by atoms with Crippen LogP contribution in [0.4, 0.5) is 4.79 Å². The first-order valence-electron chi connectivity index (χ1n) is 10.2. The van der Waals surface area contributed by atoms with Crippen LogP contribution in [0.5, 0.6) is 0 Å². The minimum Gasteiger partial charge on any atom is -0.445 e. The summed E-state index contributed by atoms with van der Waals surface area (Å²) in [4.78, 5) is 12.3. The van der Waals surface area contributed by atoms with E-state index < -0.39 is 0 Å². The molecule has 148 valence electrons. The van der Waals surface area contributed by atoms with E-state index in [1.165, 1.54) is 19.3 Å². The fourth-order valence-electron chi connectivity index (χ4n) is 4.65. The number of ether oxygens (including phenoxy) is 1. The molecule has 4 rings (SSSR count). The largest absolute Gasteiger partial charge is 0.445 e. The number of fused-ring (bicyclic) bond motifs is 2. The number of aromatic amines is 1. The van der Waals surface area contributed by atoms with Gasteiger partial charge in [0.25, 0.3) is 0 Å². The zero-order chi connectivity index (χ0) is 19.2. The predicted octanol–water partition coefficient (Wildman–Crippen LogP) is 3.42. The van der Waals surface area contributed by atoms with Gasteiger partial charge in [-0.3, -0.25) is 0 Å². The minimum atomic E-state index is -0.308. The fraction of sp³-hybridized carbons (Fsp3) is 0.524. The van der Waals surface area contributed by atoms with Gasteiger partial charge in [0.05, 0.1) is 0 Å². The molecule has 2 aromatic rings. The van der Waals surface area contributed by atoms with Crippen molar-refractivity contribution in [1.82, 2.24) is 25.9 Å². The number of amides is 1. The number of carbonyl (C=O) groups is 1. The van der Waals surface area contributed by atoms with Crippen LogP contribution in [0.15, 0.2) is 42.5 Å². The van der Waals surface area contributed by atoms with Gasteiger partial charge in [0.1, 0.15) is 12.4 Å². The molecule has 4 atom stereocenters. The summed E-state index contributed by atoms with van der Waals surface area (Å²) < 4.78 is 5.43. The summed E-state index contributed by atoms with van der Waals surface area (Å²) in [6, 6.07) is 9.98. The quantitative estimate of drug-likeness (QED) is 0.540. The van der Waals surface area contributed by atoms with Crippen molar-refractivity contribution in [3.05, 3.63) is 53.9 Å². The molecule has 0 aliphatic heterocycles. The molecule has 7 nitrogen and oxygen atoms in total. The molecule has 2 aliphatic rings. The van der Waals surface area contributed by atoms with Gasteiger partial charge in [-0.1, -0.05) is 42.5 Å². The number of tetrazole rings is 1. The van der Waals surface area contributed by atoms with Crippen molar-refractivity contribution in [1.29, 1.82) is 0 Å². The lowest BCUT2D eigenvalue weighted by molar-refractivity contribution is 0.128. The maximum Gasteiger partial charge on any atom is 0.407 e. The molecule has 2 N–H and O–H groups in total. The highest BCUT2D eigenvalue weighted by atomic mass is 16.5. The topological polar surface area (TPSA) is 92.8 Å². The smallest absolute Gasteiger partial charge is 0.407 e. The van der Waals surface area contributed by atoms with E-state index in [2.05, 4.69) is 38.1 Å². The molecule has 2 bridgehead atoms. The molecule has 28 heavy (non-hydrogen) atoms. The van der Waals surface area contributed by atoms with Crippen molar-refractivity contribution in [2.24, 2.45) is 17.8 Å². The van der Waals surface area contributed by atoms with E-state index in [0.29, 0.717) is 24.4 Å². The van der Waals surface area contributed by atoms with E-state index in [-0.39, 0.29) is 12.1 Å². The zero-order valence-corrected chi connectivity index (χ0v) is 16.0. The second-order valence-electron chi connectivity index (χ2n) is 7.81. The minimum absolute atomic E-state index is 0.191. The van der Waals surface area contributed by atoms with Crippen LogP contribution in [0.25, 0.3) is 0 Å². The number of hydrogen-bond donors (Lipinski definition) is 2. The Bertz CT molecular complexity index is 777. The number of nitrogens with zero attached hydrogens (tertiary/aromatic N) is 3. The average molecular weight is 381 g/mol. The van der Waals surface area contributed by atoms with E-state index in [4.69, 9.17) is 4.74 Å². The first kappa shape index (κ1) is 18.7. The van der Waals surface area contributed by atoms with Crippen LogP contribution in [0.1, 0.15) is 43.5 Å². The molecule has 0 unspecified atom stereocenters. The number of aromatic nitrogens is 4. The zero-order valence-electron chi connectivity index (χ0n) is 16.0. The maximum absolute atomic E-state index is 12.3. The Balaban J connectivity index is 1.25. The van der Waals surface area contributed by atoms with Gasteiger partial charge in [0, 0.05) is 18.4 Å². The molecule has 1 aromatic heterocycles. The number of benzene rings is 1. The summed E-state index contributed by atoms with van der Waals surface area (Å²) >= 11 is 0. The van der Waals surface area contributed by atoms with Crippen molar-refractivity contribution in [3.63, 3.8) is 0 Å². The van der Waals surface area contributed by atoms with Crippen LogP contribution in [0, 0.1) is 17.8 Å². The van der Waals surface area contributed by atoms with Crippen molar-refractivity contribution in [2.45, 2.75) is 51.2 Å². The van der Waals surface area contributed by atoms with Crippen LogP contribution in [0.2, 0.25) is 0 Å². The molecule has 1 aromatic carbocycles. The number of alkyl carbamates (subject to hydrolysis) is 1. The molecule has 2 fully saturated rings. The summed E-state index contributed by atoms with van der Waals surface area (Å²) in [5.74, 6) is 2.49. The molecule has 0 saturated heterocycles. The van der Waals surface area contributed by atoms with Crippen molar-refractivity contribution in [3.8, 4) is 0 Å². The van der Waals surface area contributed by atoms with Gasteiger partial charge >= 0.3 is 6.09 Å². The summed E-state index contributed by atoms with van der Waals surface area (Å²) in [6.07, 6.45) is 10.8. The Kier molecular flexibility index (Phi) is 5.99. The molecule has 7 heteroatoms. The van der Waals surface area contributed by atoms with Gasteiger partial charge in [-0.15, -0.1) is 5.10 Å². The van der Waals surface area contributed by atoms with E-state index in [9.17, 15) is 4.79 Å². The van der Waals surface area contributed by atoms with E-state index in [1.54, 1.807) is 0 Å². The second kappa shape index (κ2) is 8.99. The second-order valence-corrected chi connectivity index (χ2v) is 7.81. The number of H-pyrrole nitrogens is 1. The summed E-state index contributed by atoms with van der Waals surface area (Å²) in [5, 5.41) is 17.0. The summed E-state index contributed by atoms with van der Waals surface area (Å²) in [5.41, 5.74) is 1.00. The average Bonchev–Trinajstić information content (AvgIpc) is 3.46. The first-order valence-corrected chi connectivity index (χ1v) is 10.2. The number of hydrogen-bond acceptors (Lipinski definition) is 5. The summed E-state index contributed by atoms with van der Waals surface area (Å²) in [6.45, 7) is 0.310. The number of unbranched alkanes of at least 4 members (excludes halogenated alkanes) is 1. The molecular formula is C21H27N5O2. The van der Waals surface area contributed by atoms with Gasteiger partial charge in [0.2, 0.25) is 0 Å². The maximum atomic E-state index is 12.3. The van der Waals surface area contributed by atoms with E-state index in [0.717, 1.165) is 30.7 Å². The van der Waals surface area contributed by atoms with Gasteiger partial charge in [0.15, 0.2) is 0 Å². The highest BCUT2D eigenvalue weighted by Gasteiger charge is 2.47. The Morgan fingerprint density at radius 1 is 1.25 bits per heavy atom. The number of carbonyl (C=O) groups excluding carboxylic acids is 1. The fourth-order valence-corrected chi connectivity index (χ4v) is 4.65. The third kappa shape index (κ3) is 4.58. The van der Waals surface area contributed by atoms with Crippen molar-refractivity contribution in [2.75, 3.05) is 0 Å². The highest BCUT2D eigenvalue weighted by Crippen LogP contribution is 2.49. The molecule has 1 heterocycles. The number of aryl methyl sites for hydroxylation is 1. The Morgan fingerprint density at radius 3 is 2.93 bits per heavy atom. The SMILES string of the molecule is O=C(N[C@H]1[C@H]2CC[C@H](C2)[C@@H]1C=CCCCc1nnn[nH]1)OCc1ccccc1. The molecule has 2 aliphatic carbocycles. The van der Waals surface area contributed by atoms with Crippen LogP contribution in [-0.2, 0) is 17.8 Å². The normalized spacial score (nSPS) is 26.0. The van der Waals surface area contributed by atoms with Gasteiger partial charge in [-0.2, -0.15) is 0 Å². The van der Waals surface area contributed by atoms with Crippen LogP contribution < -0.4 is 5.32 Å². The van der Waals surface area contributed by atoms with E-state index in [1.807, 2.05) is 30.3 Å². The number of rotatable bonds is 8. The molecule has 0 spiro atoms. The highest BCUT2D eigenvalue weighted by molar-refractivity contribution is 5.68. The third-order valence-electron chi connectivity index (χ3n) is 6.01. The van der Waals surface area contributed by atoms with Gasteiger partial charge in [-0.25, -0.2) is 9.89 Å². The monoisotopic (exact) mass is 381 g/mol. The van der Waals surface area contributed by atoms with E-state index >= 15 is 0 Å². The third-order valence-corrected chi connectivity index (χ3v) is 6.01. The van der Waals surface area contributed by atoms with Gasteiger partial charge < -0.3 is 10.1 Å².